The lowest BCUT2D eigenvalue weighted by Gasteiger charge is -2.26. The summed E-state index contributed by atoms with van der Waals surface area (Å²) in [6, 6.07) is 2.84. The molecule has 2 aliphatic carbocycles. The number of alkyl halides is 6. The molecule has 1 aliphatic heterocycles. The number of hydrogen-bond donors (Lipinski definition) is 0. The molecule has 0 atom stereocenters. The van der Waals surface area contributed by atoms with Gasteiger partial charge in [0.15, 0.2) is 17.1 Å². The van der Waals surface area contributed by atoms with Gasteiger partial charge in [-0.05, 0) is 44.7 Å². The van der Waals surface area contributed by atoms with Gasteiger partial charge in [-0.2, -0.15) is 35.9 Å². The van der Waals surface area contributed by atoms with Crippen LogP contribution in [0.3, 0.4) is 0 Å². The van der Waals surface area contributed by atoms with Crippen LogP contribution in [0.5, 0.6) is 11.5 Å². The number of fused-ring (bicyclic) bond motifs is 1. The quantitative estimate of drug-likeness (QED) is 0.177. The van der Waals surface area contributed by atoms with E-state index >= 15 is 0 Å². The highest BCUT2D eigenvalue weighted by Gasteiger charge is 2.55. The number of halogens is 6. The number of esters is 2. The number of carbonyl (C=O) groups is 3. The lowest BCUT2D eigenvalue weighted by Crippen LogP contribution is -2.35. The minimum atomic E-state index is -4.87. The molecule has 0 bridgehead atoms. The lowest BCUT2D eigenvalue weighted by molar-refractivity contribution is -0.386. The molecule has 2 aromatic carbocycles. The number of nitrogens with zero attached hydrogens (tertiary/aromatic N) is 1. The molecule has 1 heterocycles. The summed E-state index contributed by atoms with van der Waals surface area (Å²) in [4.78, 5) is 61.3. The Bertz CT molecular complexity index is 1600. The molecule has 2 saturated carbocycles. The smallest absolute Gasteiger partial charge is 0.417 e. The second-order valence-corrected chi connectivity index (χ2v) is 10.4. The Kier molecular flexibility index (Phi) is 9.86. The number of Topliss-reactive ketones (excluding diaryl/α,β-unsaturated/α-hetero) is 1. The highest BCUT2D eigenvalue weighted by Crippen LogP contribution is 2.48. The molecule has 12 nitrogen and oxygen atoms in total. The molecule has 3 aliphatic rings. The summed E-state index contributed by atoms with van der Waals surface area (Å²) in [7, 11) is 1.90. The number of nitro groups is 1. The van der Waals surface area contributed by atoms with Crippen molar-refractivity contribution in [1.29, 1.82) is 0 Å². The Morgan fingerprint density at radius 1 is 0.891 bits per heavy atom. The summed E-state index contributed by atoms with van der Waals surface area (Å²) in [5.74, 6) is -3.05. The number of ketones is 1. The van der Waals surface area contributed by atoms with Crippen molar-refractivity contribution in [2.45, 2.75) is 62.6 Å². The van der Waals surface area contributed by atoms with Gasteiger partial charge in [0.05, 0.1) is 41.4 Å². The van der Waals surface area contributed by atoms with Crippen LogP contribution in [0.1, 0.15) is 70.0 Å². The zero-order valence-electron chi connectivity index (χ0n) is 24.1. The molecule has 0 saturated heterocycles. The van der Waals surface area contributed by atoms with E-state index in [1.807, 2.05) is 0 Å². The fraction of sp³-hybridized carbons (Fsp3) is 0.429. The van der Waals surface area contributed by atoms with Gasteiger partial charge in [-0.25, -0.2) is 9.59 Å². The van der Waals surface area contributed by atoms with E-state index in [2.05, 4.69) is 9.47 Å². The van der Waals surface area contributed by atoms with Crippen molar-refractivity contribution < 1.29 is 74.2 Å². The standard InChI is InChI=1S/C14H11F3O4.C13H12F3NO5.CO2/c1-20-12(19)8-4-7-5-11(18)13(2-3-13)21-10(7)6-9(8)14(15,16)17;1-12(3-4-12)22-10-6-8(13(14,15)16)7(11(18)21-2)5-9(10)17(19)20;2-1-3/h4,6H,2-3,5H2,1H3;5-6H,3-4H2,1-2H3;. The van der Waals surface area contributed by atoms with Gasteiger partial charge < -0.3 is 18.9 Å². The number of benzene rings is 2. The van der Waals surface area contributed by atoms with Crippen LogP contribution < -0.4 is 9.47 Å². The van der Waals surface area contributed by atoms with Gasteiger partial charge in [0, 0.05) is 24.1 Å². The van der Waals surface area contributed by atoms with E-state index in [0.717, 1.165) is 26.4 Å². The van der Waals surface area contributed by atoms with Crippen LogP contribution in [-0.2, 0) is 42.6 Å². The zero-order chi connectivity index (χ0) is 34.8. The van der Waals surface area contributed by atoms with Gasteiger partial charge in [0.2, 0.25) is 0 Å². The van der Waals surface area contributed by atoms with Crippen molar-refractivity contribution in [2.75, 3.05) is 14.2 Å². The number of ether oxygens (including phenoxy) is 4. The minimum absolute atomic E-state index is 0.0204. The highest BCUT2D eigenvalue weighted by molar-refractivity contribution is 5.96. The molecule has 2 aromatic rings. The third kappa shape index (κ3) is 7.80. The molecule has 1 spiro atoms. The van der Waals surface area contributed by atoms with E-state index in [4.69, 9.17) is 19.1 Å². The molecule has 0 aromatic heterocycles. The molecule has 0 unspecified atom stereocenters. The summed E-state index contributed by atoms with van der Waals surface area (Å²) >= 11 is 0. The normalized spacial score (nSPS) is 16.5. The average Bonchev–Trinajstić information content (AvgIpc) is 3.90. The van der Waals surface area contributed by atoms with Crippen molar-refractivity contribution >= 4 is 29.6 Å². The average molecular weight is 663 g/mol. The summed E-state index contributed by atoms with van der Waals surface area (Å²) in [5, 5.41) is 11.0. The molecule has 46 heavy (non-hydrogen) atoms. The molecule has 0 N–H and O–H groups in total. The predicted molar refractivity (Wildman–Crippen MR) is 137 cm³/mol. The second kappa shape index (κ2) is 12.8. The Morgan fingerprint density at radius 2 is 1.37 bits per heavy atom. The van der Waals surface area contributed by atoms with Crippen LogP contribution in [0.4, 0.5) is 32.0 Å². The van der Waals surface area contributed by atoms with Gasteiger partial charge in [-0.1, -0.05) is 0 Å². The van der Waals surface area contributed by atoms with Crippen LogP contribution >= 0.6 is 0 Å². The van der Waals surface area contributed by atoms with Crippen molar-refractivity contribution in [2.24, 2.45) is 0 Å². The lowest BCUT2D eigenvalue weighted by atomic mass is 9.94. The number of carbonyl (C=O) groups excluding carboxylic acids is 5. The maximum absolute atomic E-state index is 13.1. The summed E-state index contributed by atoms with van der Waals surface area (Å²) < 4.78 is 97.8. The molecular formula is C28H23F6NO11. The topological polar surface area (TPSA) is 165 Å². The summed E-state index contributed by atoms with van der Waals surface area (Å²) in [6.07, 6.45) is -7.15. The molecule has 0 radical (unpaired) electrons. The summed E-state index contributed by atoms with van der Waals surface area (Å²) in [6.45, 7) is 1.64. The van der Waals surface area contributed by atoms with E-state index in [0.29, 0.717) is 37.8 Å². The van der Waals surface area contributed by atoms with Crippen LogP contribution in [-0.4, -0.2) is 54.2 Å². The maximum atomic E-state index is 13.1. The molecule has 18 heteroatoms. The summed E-state index contributed by atoms with van der Waals surface area (Å²) in [5.41, 5.74) is -6.04. The Balaban J connectivity index is 0.000000231. The van der Waals surface area contributed by atoms with Gasteiger partial charge in [0.25, 0.3) is 0 Å². The van der Waals surface area contributed by atoms with Crippen molar-refractivity contribution in [3.63, 3.8) is 0 Å². The first kappa shape index (κ1) is 35.5. The van der Waals surface area contributed by atoms with Crippen LogP contribution in [0.2, 0.25) is 0 Å². The first-order valence-electron chi connectivity index (χ1n) is 13.0. The maximum Gasteiger partial charge on any atom is 0.417 e. The fourth-order valence-corrected chi connectivity index (χ4v) is 4.32. The van der Waals surface area contributed by atoms with Gasteiger partial charge in [0.1, 0.15) is 11.4 Å². The third-order valence-electron chi connectivity index (χ3n) is 7.10. The highest BCUT2D eigenvalue weighted by atomic mass is 19.4. The molecule has 0 amide bonds. The number of nitro benzene ring substituents is 1. The van der Waals surface area contributed by atoms with Crippen molar-refractivity contribution in [1.82, 2.24) is 0 Å². The van der Waals surface area contributed by atoms with E-state index in [1.54, 1.807) is 6.92 Å². The Morgan fingerprint density at radius 3 is 1.78 bits per heavy atom. The first-order valence-corrected chi connectivity index (χ1v) is 13.0. The molecule has 5 rings (SSSR count). The largest absolute Gasteiger partial charge is 0.481 e. The second-order valence-electron chi connectivity index (χ2n) is 10.4. The number of rotatable bonds is 5. The minimum Gasteiger partial charge on any atom is -0.481 e. The van der Waals surface area contributed by atoms with E-state index < -0.39 is 74.1 Å². The first-order chi connectivity index (χ1) is 21.3. The number of methoxy groups -OCH3 is 2. The van der Waals surface area contributed by atoms with E-state index in [1.165, 1.54) is 0 Å². The SMILES string of the molecule is COC(=O)c1cc([N+](=O)[O-])c(OC2(C)CC2)cc1C(F)(F)F.COC(=O)c1cc2c(cc1C(F)(F)F)OC1(CC1)C(=O)C2.O=C=O. The van der Waals surface area contributed by atoms with Crippen LogP contribution in [0, 0.1) is 10.1 Å². The number of hydrogen-bond acceptors (Lipinski definition) is 11. The van der Waals surface area contributed by atoms with Gasteiger partial charge in [-0.15, -0.1) is 0 Å². The van der Waals surface area contributed by atoms with Crippen molar-refractivity contribution in [3.05, 3.63) is 62.2 Å². The van der Waals surface area contributed by atoms with Gasteiger partial charge in [-0.3, -0.25) is 14.9 Å². The monoisotopic (exact) mass is 663 g/mol. The fourth-order valence-electron chi connectivity index (χ4n) is 4.32. The van der Waals surface area contributed by atoms with Crippen molar-refractivity contribution in [3.8, 4) is 11.5 Å². The molecule has 2 fully saturated rings. The van der Waals surface area contributed by atoms with Crippen LogP contribution in [0.15, 0.2) is 24.3 Å². The zero-order valence-corrected chi connectivity index (χ0v) is 24.1. The predicted octanol–water partition coefficient (Wildman–Crippen LogP) is 5.28. The molecular weight excluding hydrogens is 640 g/mol. The molecule has 248 valence electrons. The van der Waals surface area contributed by atoms with Crippen LogP contribution in [0.25, 0.3) is 0 Å². The van der Waals surface area contributed by atoms with E-state index in [-0.39, 0.29) is 29.7 Å². The van der Waals surface area contributed by atoms with Gasteiger partial charge >= 0.3 is 36.1 Å². The Labute approximate surface area is 254 Å². The third-order valence-corrected chi connectivity index (χ3v) is 7.10. The Hall–Kier alpha value is -4.99. The van der Waals surface area contributed by atoms with E-state index in [9.17, 15) is 50.8 Å².